The predicted molar refractivity (Wildman–Crippen MR) is 159 cm³/mol. The number of rotatable bonds is 10. The zero-order chi connectivity index (χ0) is 28.9. The minimum absolute atomic E-state index is 0.161. The van der Waals surface area contributed by atoms with Crippen molar-refractivity contribution in [3.05, 3.63) is 106 Å². The van der Waals surface area contributed by atoms with Crippen molar-refractivity contribution in [2.75, 3.05) is 11.5 Å². The van der Waals surface area contributed by atoms with Gasteiger partial charge in [-0.05, 0) is 66.1 Å². The van der Waals surface area contributed by atoms with Crippen molar-refractivity contribution in [2.24, 2.45) is 0 Å². The standard InChI is InChI=1S/C30H25ClFN3O4S2/c1-2-3-15-39-23-13-9-19(10-14-23)26(36)24-25(20-5-4-6-22(32)16-20)35(28(38)27(24)37)29-33-34-30(41-29)40-17-18-7-11-21(31)12-8-18/h4-14,16,25,36H,2-3,15,17H2,1H3. The lowest BCUT2D eigenvalue weighted by molar-refractivity contribution is -0.132. The molecule has 1 aliphatic rings. The number of anilines is 1. The number of unbranched alkanes of at least 4 members (excludes halogenated alkanes) is 1. The van der Waals surface area contributed by atoms with Crippen LogP contribution in [-0.2, 0) is 15.3 Å². The number of hydrogen-bond donors (Lipinski definition) is 1. The number of hydrogen-bond acceptors (Lipinski definition) is 8. The van der Waals surface area contributed by atoms with Crippen LogP contribution in [0.5, 0.6) is 5.75 Å². The number of Topliss-reactive ketones (excluding diaryl/α,β-unsaturated/α-hetero) is 1. The average molecular weight is 610 g/mol. The van der Waals surface area contributed by atoms with Gasteiger partial charge in [0.25, 0.3) is 5.78 Å². The summed E-state index contributed by atoms with van der Waals surface area (Å²) in [5, 5.41) is 20.5. The number of ether oxygens (including phenoxy) is 1. The lowest BCUT2D eigenvalue weighted by Crippen LogP contribution is -2.29. The molecular formula is C30H25ClFN3O4S2. The van der Waals surface area contributed by atoms with Crippen LogP contribution in [0.2, 0.25) is 5.02 Å². The van der Waals surface area contributed by atoms with Crippen LogP contribution in [-0.4, -0.2) is 33.6 Å². The van der Waals surface area contributed by atoms with E-state index < -0.39 is 23.5 Å². The normalized spacial score (nSPS) is 16.4. The summed E-state index contributed by atoms with van der Waals surface area (Å²) in [6.45, 7) is 2.63. The number of carbonyl (C=O) groups is 2. The van der Waals surface area contributed by atoms with Gasteiger partial charge in [0, 0.05) is 16.3 Å². The molecule has 1 unspecified atom stereocenters. The molecule has 4 aromatic rings. The van der Waals surface area contributed by atoms with Crippen LogP contribution in [0, 0.1) is 5.82 Å². The minimum Gasteiger partial charge on any atom is -0.507 e. The number of halogens is 2. The molecule has 0 bridgehead atoms. The highest BCUT2D eigenvalue weighted by Crippen LogP contribution is 2.44. The van der Waals surface area contributed by atoms with Gasteiger partial charge in [0.1, 0.15) is 17.3 Å². The second kappa shape index (κ2) is 12.8. The smallest absolute Gasteiger partial charge is 0.301 e. The quantitative estimate of drug-likeness (QED) is 0.0499. The van der Waals surface area contributed by atoms with Gasteiger partial charge in [-0.2, -0.15) is 0 Å². The van der Waals surface area contributed by atoms with Crippen molar-refractivity contribution in [1.82, 2.24) is 10.2 Å². The molecule has 41 heavy (non-hydrogen) atoms. The first-order valence-electron chi connectivity index (χ1n) is 12.9. The number of aliphatic hydroxyl groups excluding tert-OH is 1. The van der Waals surface area contributed by atoms with Crippen molar-refractivity contribution in [2.45, 2.75) is 35.9 Å². The van der Waals surface area contributed by atoms with E-state index in [0.717, 1.165) is 29.7 Å². The summed E-state index contributed by atoms with van der Waals surface area (Å²) in [4.78, 5) is 27.9. The van der Waals surface area contributed by atoms with Crippen LogP contribution in [0.15, 0.2) is 82.7 Å². The molecule has 1 N–H and O–H groups in total. The molecule has 7 nitrogen and oxygen atoms in total. The molecule has 210 valence electrons. The Bertz CT molecular complexity index is 1590. The number of nitrogens with zero attached hydrogens (tertiary/aromatic N) is 3. The van der Waals surface area contributed by atoms with Gasteiger partial charge in [-0.3, -0.25) is 14.5 Å². The molecule has 11 heteroatoms. The third-order valence-electron chi connectivity index (χ3n) is 6.38. The van der Waals surface area contributed by atoms with Crippen molar-refractivity contribution in [1.29, 1.82) is 0 Å². The summed E-state index contributed by atoms with van der Waals surface area (Å²) in [5.74, 6) is -1.48. The van der Waals surface area contributed by atoms with Crippen LogP contribution < -0.4 is 9.64 Å². The highest BCUT2D eigenvalue weighted by Gasteiger charge is 2.48. The van der Waals surface area contributed by atoms with E-state index in [4.69, 9.17) is 16.3 Å². The van der Waals surface area contributed by atoms with Gasteiger partial charge >= 0.3 is 5.91 Å². The van der Waals surface area contributed by atoms with Crippen molar-refractivity contribution < 1.29 is 23.8 Å². The van der Waals surface area contributed by atoms with Crippen LogP contribution in [0.3, 0.4) is 0 Å². The Balaban J connectivity index is 1.48. The van der Waals surface area contributed by atoms with E-state index in [-0.39, 0.29) is 16.5 Å². The van der Waals surface area contributed by atoms with Crippen LogP contribution >= 0.6 is 34.7 Å². The first-order valence-corrected chi connectivity index (χ1v) is 15.0. The van der Waals surface area contributed by atoms with Crippen molar-refractivity contribution in [3.8, 4) is 5.75 Å². The second-order valence-electron chi connectivity index (χ2n) is 9.22. The molecule has 1 aliphatic heterocycles. The summed E-state index contributed by atoms with van der Waals surface area (Å²) in [6.07, 6.45) is 1.90. The van der Waals surface area contributed by atoms with Gasteiger partial charge in [-0.15, -0.1) is 10.2 Å². The number of amides is 1. The van der Waals surface area contributed by atoms with Gasteiger partial charge < -0.3 is 9.84 Å². The summed E-state index contributed by atoms with van der Waals surface area (Å²) >= 11 is 8.52. The van der Waals surface area contributed by atoms with Gasteiger partial charge in [0.15, 0.2) is 4.34 Å². The number of aliphatic hydroxyl groups is 1. The molecule has 0 aliphatic carbocycles. The number of benzene rings is 3. The SMILES string of the molecule is CCCCOc1ccc(C(O)=C2C(=O)C(=O)N(c3nnc(SCc4ccc(Cl)cc4)s3)C2c2cccc(F)c2)cc1. The van der Waals surface area contributed by atoms with Crippen molar-refractivity contribution >= 4 is 57.3 Å². The summed E-state index contributed by atoms with van der Waals surface area (Å²) in [7, 11) is 0. The van der Waals surface area contributed by atoms with E-state index >= 15 is 0 Å². The first-order chi connectivity index (χ1) is 19.9. The Hall–Kier alpha value is -3.73. The molecular weight excluding hydrogens is 585 g/mol. The summed E-state index contributed by atoms with van der Waals surface area (Å²) < 4.78 is 20.6. The Morgan fingerprint density at radius 1 is 1.10 bits per heavy atom. The molecule has 1 fully saturated rings. The van der Waals surface area contributed by atoms with E-state index in [1.165, 1.54) is 34.9 Å². The number of aromatic nitrogens is 2. The molecule has 1 aromatic heterocycles. The van der Waals surface area contributed by atoms with E-state index in [1.807, 2.05) is 12.1 Å². The lowest BCUT2D eigenvalue weighted by Gasteiger charge is -2.22. The van der Waals surface area contributed by atoms with E-state index in [1.54, 1.807) is 42.5 Å². The predicted octanol–water partition coefficient (Wildman–Crippen LogP) is 7.43. The minimum atomic E-state index is -1.10. The highest BCUT2D eigenvalue weighted by molar-refractivity contribution is 8.00. The molecule has 0 radical (unpaired) electrons. The monoisotopic (exact) mass is 609 g/mol. The largest absolute Gasteiger partial charge is 0.507 e. The van der Waals surface area contributed by atoms with Gasteiger partial charge in [-0.1, -0.05) is 72.3 Å². The molecule has 5 rings (SSSR count). The number of thioether (sulfide) groups is 1. The summed E-state index contributed by atoms with van der Waals surface area (Å²) in [5.41, 5.74) is 1.50. The fraction of sp³-hybridized carbons (Fsp3) is 0.200. The van der Waals surface area contributed by atoms with E-state index in [2.05, 4.69) is 17.1 Å². The Morgan fingerprint density at radius 3 is 2.56 bits per heavy atom. The molecule has 3 aromatic carbocycles. The summed E-state index contributed by atoms with van der Waals surface area (Å²) in [6, 6.07) is 18.5. The zero-order valence-electron chi connectivity index (χ0n) is 21.9. The molecule has 0 saturated carbocycles. The Labute approximate surface area is 249 Å². The maximum Gasteiger partial charge on any atom is 0.301 e. The lowest BCUT2D eigenvalue weighted by atomic mass is 9.95. The maximum absolute atomic E-state index is 14.3. The molecule has 1 amide bonds. The number of carbonyl (C=O) groups excluding carboxylic acids is 2. The van der Waals surface area contributed by atoms with Gasteiger partial charge in [0.05, 0.1) is 18.2 Å². The third kappa shape index (κ3) is 6.45. The Kier molecular flexibility index (Phi) is 9.02. The number of ketones is 1. The van der Waals surface area contributed by atoms with Crippen LogP contribution in [0.1, 0.15) is 42.5 Å². The van der Waals surface area contributed by atoms with Gasteiger partial charge in [-0.25, -0.2) is 4.39 Å². The topological polar surface area (TPSA) is 92.6 Å². The fourth-order valence-electron chi connectivity index (χ4n) is 4.30. The highest BCUT2D eigenvalue weighted by atomic mass is 35.5. The molecule has 1 saturated heterocycles. The van der Waals surface area contributed by atoms with Gasteiger partial charge in [0.2, 0.25) is 5.13 Å². The maximum atomic E-state index is 14.3. The molecule has 0 spiro atoms. The second-order valence-corrected chi connectivity index (χ2v) is 11.8. The fourth-order valence-corrected chi connectivity index (χ4v) is 6.25. The van der Waals surface area contributed by atoms with Crippen LogP contribution in [0.25, 0.3) is 5.76 Å². The third-order valence-corrected chi connectivity index (χ3v) is 8.76. The van der Waals surface area contributed by atoms with Crippen molar-refractivity contribution in [3.63, 3.8) is 0 Å². The average Bonchev–Trinajstić information content (AvgIpc) is 3.55. The Morgan fingerprint density at radius 2 is 1.85 bits per heavy atom. The van der Waals surface area contributed by atoms with E-state index in [0.29, 0.717) is 38.6 Å². The van der Waals surface area contributed by atoms with Crippen LogP contribution in [0.4, 0.5) is 9.52 Å². The van der Waals surface area contributed by atoms with E-state index in [9.17, 15) is 19.1 Å². The first kappa shape index (κ1) is 28.8. The zero-order valence-corrected chi connectivity index (χ0v) is 24.3. The molecule has 2 heterocycles. The molecule has 1 atom stereocenters.